The Morgan fingerprint density at radius 3 is 2.11 bits per heavy atom. The first-order valence-corrected chi connectivity index (χ1v) is 13.2. The van der Waals surface area contributed by atoms with Crippen molar-refractivity contribution in [2.45, 2.75) is 23.9 Å². The minimum Gasteiger partial charge on any atom is -0.421 e. The van der Waals surface area contributed by atoms with E-state index in [1.165, 1.54) is 16.7 Å². The van der Waals surface area contributed by atoms with Crippen LogP contribution in [-0.2, 0) is 25.5 Å². The van der Waals surface area contributed by atoms with Crippen LogP contribution in [-0.4, -0.2) is 51.8 Å². The van der Waals surface area contributed by atoms with Crippen molar-refractivity contribution in [3.8, 4) is 0 Å². The standard InChI is InChI=1S/C29H26N2O6S/c32-17-22-18-38-28-24(30-23(33)16-19-10-4-1-5-11-19)26(34)31(28)27(22)37-29(35)36-25(20-12-6-2-7-13-20)21-14-8-3-9-15-21/h1-15,24-25,28,32H,16-18H2,(H,30,33)/t24-,28+/m1/s1. The Bertz CT molecular complexity index is 1290. The fourth-order valence-electron chi connectivity index (χ4n) is 4.43. The Morgan fingerprint density at radius 2 is 1.53 bits per heavy atom. The van der Waals surface area contributed by atoms with Crippen molar-refractivity contribution >= 4 is 29.7 Å². The van der Waals surface area contributed by atoms with Gasteiger partial charge in [0.15, 0.2) is 6.10 Å². The number of thioether (sulfide) groups is 1. The number of aliphatic hydroxyl groups is 1. The molecule has 9 heteroatoms. The zero-order valence-corrected chi connectivity index (χ0v) is 21.2. The zero-order chi connectivity index (χ0) is 26.5. The predicted octanol–water partition coefficient (Wildman–Crippen LogP) is 3.78. The van der Waals surface area contributed by atoms with Gasteiger partial charge in [-0.15, -0.1) is 11.8 Å². The lowest BCUT2D eigenvalue weighted by molar-refractivity contribution is -0.149. The molecule has 8 nitrogen and oxygen atoms in total. The van der Waals surface area contributed by atoms with Crippen molar-refractivity contribution in [2.24, 2.45) is 0 Å². The van der Waals surface area contributed by atoms with Crippen LogP contribution < -0.4 is 5.32 Å². The van der Waals surface area contributed by atoms with Gasteiger partial charge in [0.2, 0.25) is 11.8 Å². The highest BCUT2D eigenvalue weighted by atomic mass is 32.2. The lowest BCUT2D eigenvalue weighted by atomic mass is 10.0. The second-order valence-corrected chi connectivity index (χ2v) is 9.96. The van der Waals surface area contributed by atoms with E-state index in [1.807, 2.05) is 91.0 Å². The lowest BCUT2D eigenvalue weighted by Crippen LogP contribution is -2.70. The largest absolute Gasteiger partial charge is 0.516 e. The molecule has 2 aliphatic heterocycles. The Labute approximate surface area is 224 Å². The van der Waals surface area contributed by atoms with E-state index in [4.69, 9.17) is 9.47 Å². The second kappa shape index (κ2) is 11.5. The van der Waals surface area contributed by atoms with Crippen LogP contribution in [0.2, 0.25) is 0 Å². The summed E-state index contributed by atoms with van der Waals surface area (Å²) in [6.45, 7) is -0.391. The summed E-state index contributed by atoms with van der Waals surface area (Å²) in [4.78, 5) is 39.9. The van der Waals surface area contributed by atoms with Gasteiger partial charge in [-0.3, -0.25) is 14.5 Å². The van der Waals surface area contributed by atoms with Gasteiger partial charge in [-0.2, -0.15) is 0 Å². The second-order valence-electron chi connectivity index (χ2n) is 8.86. The molecule has 0 unspecified atom stereocenters. The zero-order valence-electron chi connectivity index (χ0n) is 20.4. The van der Waals surface area contributed by atoms with Crippen LogP contribution in [0.1, 0.15) is 22.8 Å². The number of amides is 2. The van der Waals surface area contributed by atoms with E-state index in [0.29, 0.717) is 11.3 Å². The molecule has 38 heavy (non-hydrogen) atoms. The number of benzene rings is 3. The van der Waals surface area contributed by atoms with Gasteiger partial charge in [0, 0.05) is 11.3 Å². The molecule has 3 aromatic carbocycles. The Kier molecular flexibility index (Phi) is 7.76. The van der Waals surface area contributed by atoms with E-state index in [0.717, 1.165) is 16.7 Å². The molecule has 2 N–H and O–H groups in total. The van der Waals surface area contributed by atoms with E-state index in [2.05, 4.69) is 5.32 Å². The summed E-state index contributed by atoms with van der Waals surface area (Å²) in [7, 11) is 0. The molecule has 0 bridgehead atoms. The molecule has 0 radical (unpaired) electrons. The number of carbonyl (C=O) groups excluding carboxylic acids is 3. The fourth-order valence-corrected chi connectivity index (χ4v) is 5.74. The van der Waals surface area contributed by atoms with E-state index in [1.54, 1.807) is 0 Å². The maximum absolute atomic E-state index is 13.1. The number of fused-ring (bicyclic) bond motifs is 1. The first-order valence-electron chi connectivity index (χ1n) is 12.1. The molecule has 0 aromatic heterocycles. The van der Waals surface area contributed by atoms with Crippen molar-refractivity contribution in [2.75, 3.05) is 12.4 Å². The lowest BCUT2D eigenvalue weighted by Gasteiger charge is -2.49. The SMILES string of the molecule is O=C(Cc1ccccc1)N[C@@H]1C(=O)N2C(OC(=O)OC(c3ccccc3)c3ccccc3)=C(CO)CS[C@@H]12. The third-order valence-corrected chi connectivity index (χ3v) is 7.65. The first-order chi connectivity index (χ1) is 18.5. The molecule has 0 saturated carbocycles. The maximum Gasteiger partial charge on any atom is 0.516 e. The van der Waals surface area contributed by atoms with Gasteiger partial charge in [0.1, 0.15) is 11.4 Å². The molecular formula is C29H26N2O6S. The third-order valence-electron chi connectivity index (χ3n) is 6.31. The van der Waals surface area contributed by atoms with Gasteiger partial charge in [0.25, 0.3) is 5.91 Å². The molecule has 1 fully saturated rings. The van der Waals surface area contributed by atoms with Crippen LogP contribution >= 0.6 is 11.8 Å². The van der Waals surface area contributed by atoms with Crippen molar-refractivity contribution < 1.29 is 29.0 Å². The number of β-lactam (4-membered cyclic amide) rings is 1. The number of nitrogens with zero attached hydrogens (tertiary/aromatic N) is 1. The van der Waals surface area contributed by atoms with Gasteiger partial charge < -0.3 is 19.9 Å². The molecule has 2 atom stereocenters. The van der Waals surface area contributed by atoms with Crippen LogP contribution in [0.25, 0.3) is 0 Å². The predicted molar refractivity (Wildman–Crippen MR) is 142 cm³/mol. The summed E-state index contributed by atoms with van der Waals surface area (Å²) in [5.41, 5.74) is 2.74. The maximum atomic E-state index is 13.1. The van der Waals surface area contributed by atoms with Crippen LogP contribution in [0.5, 0.6) is 0 Å². The summed E-state index contributed by atoms with van der Waals surface area (Å²) >= 11 is 1.38. The van der Waals surface area contributed by atoms with Crippen molar-refractivity contribution in [1.29, 1.82) is 0 Å². The topological polar surface area (TPSA) is 105 Å². The highest BCUT2D eigenvalue weighted by Crippen LogP contribution is 2.41. The van der Waals surface area contributed by atoms with Crippen LogP contribution in [0.4, 0.5) is 4.79 Å². The number of ether oxygens (including phenoxy) is 2. The molecule has 2 amide bonds. The minimum absolute atomic E-state index is 0.0420. The molecule has 1 saturated heterocycles. The molecule has 3 aromatic rings. The Morgan fingerprint density at radius 1 is 0.947 bits per heavy atom. The number of hydrogen-bond acceptors (Lipinski definition) is 7. The smallest absolute Gasteiger partial charge is 0.421 e. The summed E-state index contributed by atoms with van der Waals surface area (Å²) < 4.78 is 11.3. The summed E-state index contributed by atoms with van der Waals surface area (Å²) in [5.74, 6) is -0.402. The monoisotopic (exact) mass is 530 g/mol. The van der Waals surface area contributed by atoms with E-state index in [-0.39, 0.29) is 18.2 Å². The summed E-state index contributed by atoms with van der Waals surface area (Å²) in [5, 5.41) is 12.2. The van der Waals surface area contributed by atoms with Crippen molar-refractivity contribution in [3.63, 3.8) is 0 Å². The molecule has 5 rings (SSSR count). The van der Waals surface area contributed by atoms with E-state index < -0.39 is 36.2 Å². The normalized spacial score (nSPS) is 18.5. The summed E-state index contributed by atoms with van der Waals surface area (Å²) in [6, 6.07) is 27.0. The first kappa shape index (κ1) is 25.6. The molecule has 0 aliphatic carbocycles. The van der Waals surface area contributed by atoms with Crippen LogP contribution in [0, 0.1) is 0 Å². The van der Waals surface area contributed by atoms with E-state index >= 15 is 0 Å². The number of nitrogens with one attached hydrogen (secondary N) is 1. The van der Waals surface area contributed by atoms with Crippen LogP contribution in [0.15, 0.2) is 102 Å². The van der Waals surface area contributed by atoms with Crippen molar-refractivity contribution in [3.05, 3.63) is 119 Å². The van der Waals surface area contributed by atoms with Gasteiger partial charge in [-0.05, 0) is 16.7 Å². The van der Waals surface area contributed by atoms with Crippen molar-refractivity contribution in [1.82, 2.24) is 10.2 Å². The summed E-state index contributed by atoms with van der Waals surface area (Å²) in [6.07, 6.45) is -1.58. The molecular weight excluding hydrogens is 504 g/mol. The fraction of sp³-hybridized carbons (Fsp3) is 0.207. The molecule has 0 spiro atoms. The Balaban J connectivity index is 1.28. The minimum atomic E-state index is -1.00. The van der Waals surface area contributed by atoms with Gasteiger partial charge in [-0.1, -0.05) is 91.0 Å². The highest BCUT2D eigenvalue weighted by Gasteiger charge is 2.54. The number of carbonyl (C=O) groups is 3. The number of hydrogen-bond donors (Lipinski definition) is 2. The van der Waals surface area contributed by atoms with Gasteiger partial charge in [-0.25, -0.2) is 4.79 Å². The molecule has 2 heterocycles. The molecule has 2 aliphatic rings. The van der Waals surface area contributed by atoms with Crippen LogP contribution in [0.3, 0.4) is 0 Å². The van der Waals surface area contributed by atoms with E-state index in [9.17, 15) is 19.5 Å². The average molecular weight is 531 g/mol. The van der Waals surface area contributed by atoms with Gasteiger partial charge in [0.05, 0.1) is 13.0 Å². The Hall–Kier alpha value is -4.08. The quantitative estimate of drug-likeness (QED) is 0.337. The average Bonchev–Trinajstić information content (AvgIpc) is 2.95. The van der Waals surface area contributed by atoms with Gasteiger partial charge >= 0.3 is 6.16 Å². The third kappa shape index (κ3) is 5.44. The molecule has 194 valence electrons. The number of aliphatic hydroxyl groups excluding tert-OH is 1. The highest BCUT2D eigenvalue weighted by molar-refractivity contribution is 8.00. The number of rotatable bonds is 8.